The van der Waals surface area contributed by atoms with E-state index in [-0.39, 0.29) is 5.91 Å². The Morgan fingerprint density at radius 2 is 1.94 bits per heavy atom. The summed E-state index contributed by atoms with van der Waals surface area (Å²) in [4.78, 5) is 23.6. The number of nitrogens with two attached hydrogens (primary N) is 1. The molecule has 0 aromatic carbocycles. The Labute approximate surface area is 100 Å². The van der Waals surface area contributed by atoms with E-state index in [1.165, 1.54) is 0 Å². The molecule has 0 unspecified atom stereocenters. The summed E-state index contributed by atoms with van der Waals surface area (Å²) in [6, 6.07) is 0. The molecule has 92 valence electrons. The highest BCUT2D eigenvalue weighted by Gasteiger charge is 2.17. The fourth-order valence-electron chi connectivity index (χ4n) is 1.93. The number of carbonyl (C=O) groups excluding carboxylic acids is 1. The van der Waals surface area contributed by atoms with Gasteiger partial charge in [0, 0.05) is 33.1 Å². The maximum Gasteiger partial charge on any atom is 0.225 e. The lowest BCUT2D eigenvalue weighted by molar-refractivity contribution is -0.128. The Morgan fingerprint density at radius 3 is 2.59 bits per heavy atom. The van der Waals surface area contributed by atoms with Crippen LogP contribution >= 0.6 is 0 Å². The SMILES string of the molecule is CC(=O)N1CCCN(c2ncc(N)cn2)CC1. The third-order valence-electron chi connectivity index (χ3n) is 2.88. The van der Waals surface area contributed by atoms with Crippen molar-refractivity contribution in [2.45, 2.75) is 13.3 Å². The van der Waals surface area contributed by atoms with Crippen LogP contribution in [0.25, 0.3) is 0 Å². The van der Waals surface area contributed by atoms with Gasteiger partial charge in [-0.3, -0.25) is 4.79 Å². The van der Waals surface area contributed by atoms with Crippen molar-refractivity contribution in [3.63, 3.8) is 0 Å². The minimum absolute atomic E-state index is 0.130. The molecule has 6 heteroatoms. The molecule has 2 rings (SSSR count). The zero-order valence-electron chi connectivity index (χ0n) is 9.96. The predicted molar refractivity (Wildman–Crippen MR) is 65.5 cm³/mol. The second-order valence-corrected chi connectivity index (χ2v) is 4.16. The van der Waals surface area contributed by atoms with E-state index in [1.54, 1.807) is 19.3 Å². The van der Waals surface area contributed by atoms with Gasteiger partial charge in [0.1, 0.15) is 0 Å². The number of anilines is 2. The first-order valence-corrected chi connectivity index (χ1v) is 5.75. The predicted octanol–water partition coefficient (Wildman–Crippen LogP) is 0.117. The number of aromatic nitrogens is 2. The van der Waals surface area contributed by atoms with Crippen molar-refractivity contribution < 1.29 is 4.79 Å². The molecule has 1 aromatic heterocycles. The van der Waals surface area contributed by atoms with E-state index in [4.69, 9.17) is 5.73 Å². The Balaban J connectivity index is 2.03. The maximum atomic E-state index is 11.3. The third-order valence-corrected chi connectivity index (χ3v) is 2.88. The van der Waals surface area contributed by atoms with E-state index in [0.717, 1.165) is 32.6 Å². The molecule has 0 bridgehead atoms. The Bertz CT molecular complexity index is 391. The van der Waals surface area contributed by atoms with Crippen LogP contribution in [0.3, 0.4) is 0 Å². The van der Waals surface area contributed by atoms with Crippen molar-refractivity contribution in [3.05, 3.63) is 12.4 Å². The third kappa shape index (κ3) is 2.83. The molecular weight excluding hydrogens is 218 g/mol. The Hall–Kier alpha value is -1.85. The summed E-state index contributed by atoms with van der Waals surface area (Å²) in [6.07, 6.45) is 4.15. The Morgan fingerprint density at radius 1 is 1.24 bits per heavy atom. The number of rotatable bonds is 1. The molecule has 1 aromatic rings. The van der Waals surface area contributed by atoms with Gasteiger partial charge in [-0.05, 0) is 6.42 Å². The monoisotopic (exact) mass is 235 g/mol. The molecule has 2 heterocycles. The van der Waals surface area contributed by atoms with E-state index in [9.17, 15) is 4.79 Å². The number of hydrogen-bond acceptors (Lipinski definition) is 5. The van der Waals surface area contributed by atoms with Gasteiger partial charge >= 0.3 is 0 Å². The fourth-order valence-corrected chi connectivity index (χ4v) is 1.93. The van der Waals surface area contributed by atoms with E-state index in [2.05, 4.69) is 14.9 Å². The molecule has 1 aliphatic rings. The van der Waals surface area contributed by atoms with Gasteiger partial charge in [-0.25, -0.2) is 9.97 Å². The van der Waals surface area contributed by atoms with Crippen LogP contribution < -0.4 is 10.6 Å². The smallest absolute Gasteiger partial charge is 0.225 e. The second-order valence-electron chi connectivity index (χ2n) is 4.16. The van der Waals surface area contributed by atoms with Gasteiger partial charge in [0.05, 0.1) is 18.1 Å². The van der Waals surface area contributed by atoms with Gasteiger partial charge in [-0.1, -0.05) is 0 Å². The van der Waals surface area contributed by atoms with Crippen LogP contribution in [-0.4, -0.2) is 47.0 Å². The van der Waals surface area contributed by atoms with Gasteiger partial charge in [-0.2, -0.15) is 0 Å². The molecule has 2 N–H and O–H groups in total. The van der Waals surface area contributed by atoms with Crippen molar-refractivity contribution >= 4 is 17.5 Å². The number of amides is 1. The molecule has 0 saturated carbocycles. The number of carbonyl (C=O) groups is 1. The van der Waals surface area contributed by atoms with Crippen LogP contribution in [0, 0.1) is 0 Å². The minimum atomic E-state index is 0.130. The van der Waals surface area contributed by atoms with Crippen LogP contribution in [0.4, 0.5) is 11.6 Å². The molecule has 1 aliphatic heterocycles. The van der Waals surface area contributed by atoms with Gasteiger partial charge in [-0.15, -0.1) is 0 Å². The van der Waals surface area contributed by atoms with Gasteiger partial charge in [0.25, 0.3) is 0 Å². The second kappa shape index (κ2) is 4.99. The number of nitrogen functional groups attached to an aromatic ring is 1. The van der Waals surface area contributed by atoms with Crippen LogP contribution in [0.2, 0.25) is 0 Å². The lowest BCUT2D eigenvalue weighted by Crippen LogP contribution is -2.34. The lowest BCUT2D eigenvalue weighted by atomic mass is 10.4. The Kier molecular flexibility index (Phi) is 3.41. The number of hydrogen-bond donors (Lipinski definition) is 1. The molecule has 0 radical (unpaired) electrons. The molecule has 6 nitrogen and oxygen atoms in total. The van der Waals surface area contributed by atoms with Crippen LogP contribution in [0.1, 0.15) is 13.3 Å². The normalized spacial score (nSPS) is 16.8. The van der Waals surface area contributed by atoms with E-state index in [0.29, 0.717) is 11.6 Å². The van der Waals surface area contributed by atoms with Gasteiger partial charge < -0.3 is 15.5 Å². The molecule has 1 fully saturated rings. The quantitative estimate of drug-likeness (QED) is 0.748. The van der Waals surface area contributed by atoms with Crippen molar-refractivity contribution in [2.24, 2.45) is 0 Å². The molecule has 0 atom stereocenters. The average molecular weight is 235 g/mol. The largest absolute Gasteiger partial charge is 0.396 e. The van der Waals surface area contributed by atoms with Crippen molar-refractivity contribution in [3.8, 4) is 0 Å². The van der Waals surface area contributed by atoms with Crippen LogP contribution in [0.5, 0.6) is 0 Å². The lowest BCUT2D eigenvalue weighted by Gasteiger charge is -2.21. The summed E-state index contributed by atoms with van der Waals surface area (Å²) in [5.74, 6) is 0.815. The average Bonchev–Trinajstić information content (AvgIpc) is 2.55. The van der Waals surface area contributed by atoms with Gasteiger partial charge in [0.2, 0.25) is 11.9 Å². The first-order chi connectivity index (χ1) is 8.16. The maximum absolute atomic E-state index is 11.3. The molecule has 1 saturated heterocycles. The van der Waals surface area contributed by atoms with Crippen molar-refractivity contribution in [2.75, 3.05) is 36.8 Å². The fraction of sp³-hybridized carbons (Fsp3) is 0.545. The molecular formula is C11H17N5O. The first-order valence-electron chi connectivity index (χ1n) is 5.75. The summed E-state index contributed by atoms with van der Waals surface area (Å²) < 4.78 is 0. The zero-order valence-corrected chi connectivity index (χ0v) is 9.96. The first kappa shape index (κ1) is 11.6. The molecule has 0 aliphatic carbocycles. The van der Waals surface area contributed by atoms with Crippen LogP contribution in [0.15, 0.2) is 12.4 Å². The highest BCUT2D eigenvalue weighted by molar-refractivity contribution is 5.73. The van der Waals surface area contributed by atoms with E-state index in [1.807, 2.05) is 4.90 Å². The van der Waals surface area contributed by atoms with Crippen molar-refractivity contribution in [1.29, 1.82) is 0 Å². The topological polar surface area (TPSA) is 75.4 Å². The molecule has 17 heavy (non-hydrogen) atoms. The summed E-state index contributed by atoms with van der Waals surface area (Å²) >= 11 is 0. The molecule has 1 amide bonds. The summed E-state index contributed by atoms with van der Waals surface area (Å²) in [5, 5.41) is 0. The highest BCUT2D eigenvalue weighted by atomic mass is 16.2. The zero-order chi connectivity index (χ0) is 12.3. The summed E-state index contributed by atoms with van der Waals surface area (Å²) in [6.45, 7) is 4.77. The van der Waals surface area contributed by atoms with E-state index >= 15 is 0 Å². The summed E-state index contributed by atoms with van der Waals surface area (Å²) in [5.41, 5.74) is 6.12. The number of nitrogens with zero attached hydrogens (tertiary/aromatic N) is 4. The summed E-state index contributed by atoms with van der Waals surface area (Å²) in [7, 11) is 0. The van der Waals surface area contributed by atoms with Gasteiger partial charge in [0.15, 0.2) is 0 Å². The molecule has 0 spiro atoms. The standard InChI is InChI=1S/C11H17N5O/c1-9(17)15-3-2-4-16(6-5-15)11-13-7-10(12)8-14-11/h7-8H,2-6,12H2,1H3. The highest BCUT2D eigenvalue weighted by Crippen LogP contribution is 2.11. The van der Waals surface area contributed by atoms with Crippen molar-refractivity contribution in [1.82, 2.24) is 14.9 Å². The van der Waals surface area contributed by atoms with E-state index < -0.39 is 0 Å². The van der Waals surface area contributed by atoms with Crippen LogP contribution in [-0.2, 0) is 4.79 Å². The minimum Gasteiger partial charge on any atom is -0.396 e.